The molecule has 0 bridgehead atoms. The summed E-state index contributed by atoms with van der Waals surface area (Å²) in [6, 6.07) is 5.85. The fourth-order valence-electron chi connectivity index (χ4n) is 2.01. The Morgan fingerprint density at radius 2 is 2.05 bits per heavy atom. The molecule has 2 rings (SSSR count). The van der Waals surface area contributed by atoms with Crippen LogP contribution in [0, 0.1) is 0 Å². The standard InChI is InChI=1S/C14H19ClN2O2/c1-14(2,19-4)9-17-12-6-5-10(18-3)7-11(12)16-13(17)8-15/h5-7H,8-9H2,1-4H3. The summed E-state index contributed by atoms with van der Waals surface area (Å²) >= 11 is 5.99. The largest absolute Gasteiger partial charge is 0.497 e. The molecule has 0 saturated carbocycles. The fourth-order valence-corrected chi connectivity index (χ4v) is 2.21. The van der Waals surface area contributed by atoms with Crippen molar-refractivity contribution in [3.63, 3.8) is 0 Å². The van der Waals surface area contributed by atoms with Gasteiger partial charge in [-0.2, -0.15) is 0 Å². The molecule has 0 fully saturated rings. The van der Waals surface area contributed by atoms with Gasteiger partial charge in [0.05, 0.1) is 36.2 Å². The smallest absolute Gasteiger partial charge is 0.124 e. The van der Waals surface area contributed by atoms with Crippen LogP contribution in [0.5, 0.6) is 5.75 Å². The number of fused-ring (bicyclic) bond motifs is 1. The number of hydrogen-bond donors (Lipinski definition) is 0. The van der Waals surface area contributed by atoms with Gasteiger partial charge in [-0.1, -0.05) is 0 Å². The van der Waals surface area contributed by atoms with E-state index in [4.69, 9.17) is 21.1 Å². The predicted molar refractivity (Wildman–Crippen MR) is 76.9 cm³/mol. The summed E-state index contributed by atoms with van der Waals surface area (Å²) in [5.74, 6) is 2.01. The first-order valence-electron chi connectivity index (χ1n) is 6.15. The van der Waals surface area contributed by atoms with E-state index in [1.807, 2.05) is 32.0 Å². The number of imidazole rings is 1. The molecule has 104 valence electrons. The van der Waals surface area contributed by atoms with Gasteiger partial charge in [0, 0.05) is 13.2 Å². The molecule has 0 aliphatic carbocycles. The second kappa shape index (κ2) is 5.39. The number of benzene rings is 1. The van der Waals surface area contributed by atoms with Crippen molar-refractivity contribution in [1.82, 2.24) is 9.55 Å². The highest BCUT2D eigenvalue weighted by Gasteiger charge is 2.21. The number of halogens is 1. The van der Waals surface area contributed by atoms with Crippen molar-refractivity contribution in [2.45, 2.75) is 31.9 Å². The van der Waals surface area contributed by atoms with Crippen LogP contribution in [0.4, 0.5) is 0 Å². The molecule has 0 amide bonds. The number of methoxy groups -OCH3 is 2. The average Bonchev–Trinajstić information content (AvgIpc) is 2.75. The van der Waals surface area contributed by atoms with Crippen LogP contribution in [-0.2, 0) is 17.2 Å². The first-order chi connectivity index (χ1) is 9.00. The SMILES string of the molecule is COc1ccc2c(c1)nc(CCl)n2CC(C)(C)OC. The lowest BCUT2D eigenvalue weighted by Crippen LogP contribution is -2.29. The minimum Gasteiger partial charge on any atom is -0.497 e. The van der Waals surface area contributed by atoms with Crippen LogP contribution < -0.4 is 4.74 Å². The number of alkyl halides is 1. The van der Waals surface area contributed by atoms with Crippen molar-refractivity contribution in [3.05, 3.63) is 24.0 Å². The maximum atomic E-state index is 5.99. The first kappa shape index (κ1) is 14.2. The monoisotopic (exact) mass is 282 g/mol. The lowest BCUT2D eigenvalue weighted by atomic mass is 10.1. The van der Waals surface area contributed by atoms with Crippen molar-refractivity contribution in [2.75, 3.05) is 14.2 Å². The number of rotatable bonds is 5. The minimum atomic E-state index is -0.269. The molecule has 0 saturated heterocycles. The molecule has 1 aromatic heterocycles. The van der Waals surface area contributed by atoms with E-state index in [2.05, 4.69) is 9.55 Å². The molecule has 19 heavy (non-hydrogen) atoms. The van der Waals surface area contributed by atoms with Gasteiger partial charge >= 0.3 is 0 Å². The Bertz CT molecular complexity index is 578. The number of nitrogens with zero attached hydrogens (tertiary/aromatic N) is 2. The summed E-state index contributed by atoms with van der Waals surface area (Å²) in [7, 11) is 3.36. The van der Waals surface area contributed by atoms with Crippen LogP contribution in [0.25, 0.3) is 11.0 Å². The third kappa shape index (κ3) is 2.85. The molecule has 1 aromatic carbocycles. The van der Waals surface area contributed by atoms with Gasteiger partial charge in [0.25, 0.3) is 0 Å². The van der Waals surface area contributed by atoms with Crippen molar-refractivity contribution < 1.29 is 9.47 Å². The van der Waals surface area contributed by atoms with Crippen molar-refractivity contribution in [2.24, 2.45) is 0 Å². The Hall–Kier alpha value is -1.26. The van der Waals surface area contributed by atoms with Crippen LogP contribution in [-0.4, -0.2) is 29.4 Å². The Labute approximate surface area is 118 Å². The van der Waals surface area contributed by atoms with Gasteiger partial charge in [0.15, 0.2) is 0 Å². The van der Waals surface area contributed by atoms with E-state index in [-0.39, 0.29) is 5.60 Å². The molecule has 0 unspecified atom stereocenters. The Morgan fingerprint density at radius 1 is 1.32 bits per heavy atom. The molecule has 0 N–H and O–H groups in total. The summed E-state index contributed by atoms with van der Waals surface area (Å²) in [5, 5.41) is 0. The zero-order valence-corrected chi connectivity index (χ0v) is 12.5. The maximum Gasteiger partial charge on any atom is 0.124 e. The topological polar surface area (TPSA) is 36.3 Å². The minimum absolute atomic E-state index is 0.269. The van der Waals surface area contributed by atoms with E-state index >= 15 is 0 Å². The van der Waals surface area contributed by atoms with Crippen molar-refractivity contribution in [3.8, 4) is 5.75 Å². The van der Waals surface area contributed by atoms with E-state index < -0.39 is 0 Å². The molecule has 1 heterocycles. The summed E-state index contributed by atoms with van der Waals surface area (Å²) in [5.41, 5.74) is 1.66. The highest BCUT2D eigenvalue weighted by atomic mass is 35.5. The molecular formula is C14H19ClN2O2. The number of aromatic nitrogens is 2. The van der Waals surface area contributed by atoms with E-state index in [9.17, 15) is 0 Å². The lowest BCUT2D eigenvalue weighted by Gasteiger charge is -2.24. The zero-order valence-electron chi connectivity index (χ0n) is 11.7. The fraction of sp³-hybridized carbons (Fsp3) is 0.500. The van der Waals surface area contributed by atoms with Crippen LogP contribution in [0.1, 0.15) is 19.7 Å². The van der Waals surface area contributed by atoms with Crippen molar-refractivity contribution >= 4 is 22.6 Å². The van der Waals surface area contributed by atoms with Crippen LogP contribution >= 0.6 is 11.6 Å². The van der Waals surface area contributed by atoms with Gasteiger partial charge in [-0.3, -0.25) is 0 Å². The van der Waals surface area contributed by atoms with E-state index in [1.54, 1.807) is 14.2 Å². The molecule has 5 heteroatoms. The Kier molecular flexibility index (Phi) is 4.02. The molecule has 2 aromatic rings. The molecule has 0 aliphatic rings. The third-order valence-electron chi connectivity index (χ3n) is 3.25. The summed E-state index contributed by atoms with van der Waals surface area (Å²) in [6.07, 6.45) is 0. The van der Waals surface area contributed by atoms with Gasteiger partial charge in [-0.25, -0.2) is 4.98 Å². The van der Waals surface area contributed by atoms with Gasteiger partial charge < -0.3 is 14.0 Å². The number of ether oxygens (including phenoxy) is 2. The predicted octanol–water partition coefficient (Wildman–Crippen LogP) is 3.21. The summed E-state index contributed by atoms with van der Waals surface area (Å²) < 4.78 is 12.8. The van der Waals surface area contributed by atoms with Crippen LogP contribution in [0.3, 0.4) is 0 Å². The Morgan fingerprint density at radius 3 is 2.63 bits per heavy atom. The molecular weight excluding hydrogens is 264 g/mol. The van der Waals surface area contributed by atoms with Crippen molar-refractivity contribution in [1.29, 1.82) is 0 Å². The van der Waals surface area contributed by atoms with E-state index in [0.717, 1.165) is 22.6 Å². The highest BCUT2D eigenvalue weighted by molar-refractivity contribution is 6.16. The zero-order chi connectivity index (χ0) is 14.0. The molecule has 0 spiro atoms. The normalized spacial score (nSPS) is 12.1. The maximum absolute atomic E-state index is 5.99. The van der Waals surface area contributed by atoms with Gasteiger partial charge in [0.1, 0.15) is 11.6 Å². The second-order valence-corrected chi connectivity index (χ2v) is 5.33. The highest BCUT2D eigenvalue weighted by Crippen LogP contribution is 2.25. The van der Waals surface area contributed by atoms with Gasteiger partial charge in [-0.15, -0.1) is 11.6 Å². The van der Waals surface area contributed by atoms with E-state index in [0.29, 0.717) is 12.4 Å². The van der Waals surface area contributed by atoms with Gasteiger partial charge in [0.2, 0.25) is 0 Å². The van der Waals surface area contributed by atoms with Crippen LogP contribution in [0.15, 0.2) is 18.2 Å². The Balaban J connectivity index is 2.52. The molecule has 0 radical (unpaired) electrons. The molecule has 0 atom stereocenters. The quantitative estimate of drug-likeness (QED) is 0.790. The summed E-state index contributed by atoms with van der Waals surface area (Å²) in [6.45, 7) is 4.79. The molecule has 4 nitrogen and oxygen atoms in total. The first-order valence-corrected chi connectivity index (χ1v) is 6.68. The lowest BCUT2D eigenvalue weighted by molar-refractivity contribution is 0.00854. The van der Waals surface area contributed by atoms with Crippen LogP contribution in [0.2, 0.25) is 0 Å². The summed E-state index contributed by atoms with van der Waals surface area (Å²) in [4.78, 5) is 4.55. The second-order valence-electron chi connectivity index (χ2n) is 5.07. The van der Waals surface area contributed by atoms with E-state index in [1.165, 1.54) is 0 Å². The van der Waals surface area contributed by atoms with Gasteiger partial charge in [-0.05, 0) is 26.0 Å². The average molecular weight is 283 g/mol. The number of hydrogen-bond acceptors (Lipinski definition) is 3. The third-order valence-corrected chi connectivity index (χ3v) is 3.48. The molecule has 0 aliphatic heterocycles.